The molecule has 6 nitrogen and oxygen atoms in total. The van der Waals surface area contributed by atoms with Crippen LogP contribution in [0.4, 0.5) is 11.4 Å². The van der Waals surface area contributed by atoms with E-state index in [1.54, 1.807) is 0 Å². The zero-order valence-electron chi connectivity index (χ0n) is 18.2. The van der Waals surface area contributed by atoms with Crippen molar-refractivity contribution in [3.63, 3.8) is 0 Å². The van der Waals surface area contributed by atoms with Crippen molar-refractivity contribution in [2.24, 2.45) is 11.8 Å². The van der Waals surface area contributed by atoms with Crippen LogP contribution in [-0.4, -0.2) is 35.2 Å². The molecule has 0 aliphatic carbocycles. The Morgan fingerprint density at radius 1 is 0.939 bits per heavy atom. The van der Waals surface area contributed by atoms with E-state index < -0.39 is 17.4 Å². The van der Waals surface area contributed by atoms with Gasteiger partial charge in [0.1, 0.15) is 5.54 Å². The number of fused-ring (bicyclic) bond motifs is 8. The molecule has 1 spiro atoms. The predicted octanol–water partition coefficient (Wildman–Crippen LogP) is 3.58. The summed E-state index contributed by atoms with van der Waals surface area (Å²) in [4.78, 5) is 45.1. The number of nitrogens with one attached hydrogen (secondary N) is 1. The third-order valence-corrected chi connectivity index (χ3v) is 8.14. The zero-order chi connectivity index (χ0) is 22.5. The second-order valence-electron chi connectivity index (χ2n) is 9.72. The average Bonchev–Trinajstić information content (AvgIpc) is 3.52. The van der Waals surface area contributed by atoms with Gasteiger partial charge in [0.15, 0.2) is 0 Å². The number of anilines is 2. The lowest BCUT2D eigenvalue weighted by atomic mass is 9.75. The van der Waals surface area contributed by atoms with Crippen LogP contribution in [0.2, 0.25) is 0 Å². The largest absolute Gasteiger partial charge is 0.324 e. The lowest BCUT2D eigenvalue weighted by Crippen LogP contribution is -2.54. The topological polar surface area (TPSA) is 69.7 Å². The molecule has 0 bridgehead atoms. The van der Waals surface area contributed by atoms with Crippen LogP contribution in [0.25, 0.3) is 10.8 Å². The highest BCUT2D eigenvalue weighted by molar-refractivity contribution is 6.26. The molecule has 164 valence electrons. The number of rotatable bonds is 1. The number of amides is 3. The van der Waals surface area contributed by atoms with Crippen molar-refractivity contribution >= 4 is 39.9 Å². The maximum atomic E-state index is 14.1. The van der Waals surface area contributed by atoms with E-state index in [0.717, 1.165) is 47.0 Å². The SMILES string of the molecule is Cc1ccc2c(c1)[C@]1(C(=O)N2)[C@@H]2C(=O)N(c3ccc4ccccc4c3)C(=O)[C@H]2[C@H]2CCCN21. The van der Waals surface area contributed by atoms with Crippen LogP contribution in [0, 0.1) is 18.8 Å². The summed E-state index contributed by atoms with van der Waals surface area (Å²) in [5, 5.41) is 5.06. The minimum Gasteiger partial charge on any atom is -0.324 e. The van der Waals surface area contributed by atoms with Crippen molar-refractivity contribution < 1.29 is 14.4 Å². The van der Waals surface area contributed by atoms with Crippen LogP contribution in [-0.2, 0) is 19.9 Å². The van der Waals surface area contributed by atoms with Crippen LogP contribution in [0.3, 0.4) is 0 Å². The Balaban J connectivity index is 1.42. The molecule has 4 aliphatic rings. The van der Waals surface area contributed by atoms with E-state index in [-0.39, 0.29) is 23.8 Å². The first-order valence-electron chi connectivity index (χ1n) is 11.6. The van der Waals surface area contributed by atoms with Gasteiger partial charge in [-0.1, -0.05) is 48.0 Å². The van der Waals surface area contributed by atoms with E-state index in [2.05, 4.69) is 10.2 Å². The van der Waals surface area contributed by atoms with E-state index in [4.69, 9.17) is 0 Å². The van der Waals surface area contributed by atoms with Crippen LogP contribution in [0.1, 0.15) is 24.0 Å². The van der Waals surface area contributed by atoms with Gasteiger partial charge in [0.25, 0.3) is 0 Å². The molecule has 4 heterocycles. The van der Waals surface area contributed by atoms with E-state index in [1.165, 1.54) is 4.90 Å². The summed E-state index contributed by atoms with van der Waals surface area (Å²) in [6, 6.07) is 19.4. The van der Waals surface area contributed by atoms with E-state index in [0.29, 0.717) is 5.69 Å². The van der Waals surface area contributed by atoms with Gasteiger partial charge in [-0.05, 0) is 55.3 Å². The van der Waals surface area contributed by atoms with Crippen molar-refractivity contribution in [2.45, 2.75) is 31.3 Å². The standard InChI is InChI=1S/C27H23N3O3/c1-15-8-11-20-19(13-15)27(26(33)28-20)23-22(21-7-4-12-29(21)27)24(31)30(25(23)32)18-10-9-16-5-2-3-6-17(16)14-18/h2-3,5-6,8-11,13-14,21-23H,4,7,12H2,1H3,(H,28,33)/t21-,22+,23+,27-/m1/s1. The maximum Gasteiger partial charge on any atom is 0.250 e. The first kappa shape index (κ1) is 19.0. The number of aryl methyl sites for hydroxylation is 1. The molecule has 4 atom stereocenters. The van der Waals surface area contributed by atoms with Crippen molar-refractivity contribution in [3.8, 4) is 0 Å². The van der Waals surface area contributed by atoms with Crippen molar-refractivity contribution in [1.29, 1.82) is 0 Å². The fourth-order valence-corrected chi connectivity index (χ4v) is 6.89. The molecular formula is C27H23N3O3. The minimum atomic E-state index is -1.12. The van der Waals surface area contributed by atoms with E-state index in [9.17, 15) is 14.4 Å². The van der Waals surface area contributed by atoms with Crippen molar-refractivity contribution in [3.05, 3.63) is 71.8 Å². The first-order valence-corrected chi connectivity index (χ1v) is 11.6. The second kappa shape index (κ2) is 6.29. The van der Waals surface area contributed by atoms with Gasteiger partial charge in [-0.15, -0.1) is 0 Å². The first-order chi connectivity index (χ1) is 16.0. The molecule has 7 rings (SSSR count). The Morgan fingerprint density at radius 2 is 1.76 bits per heavy atom. The molecule has 0 aromatic heterocycles. The number of imide groups is 1. The zero-order valence-corrected chi connectivity index (χ0v) is 18.2. The molecule has 0 saturated carbocycles. The number of nitrogens with zero attached hydrogens (tertiary/aromatic N) is 2. The van der Waals surface area contributed by atoms with Gasteiger partial charge < -0.3 is 5.32 Å². The molecule has 6 heteroatoms. The number of carbonyl (C=O) groups excluding carboxylic acids is 3. The van der Waals surface area contributed by atoms with Crippen molar-refractivity contribution in [2.75, 3.05) is 16.8 Å². The molecule has 0 unspecified atom stereocenters. The monoisotopic (exact) mass is 437 g/mol. The minimum absolute atomic E-state index is 0.103. The molecule has 3 fully saturated rings. The van der Waals surface area contributed by atoms with E-state index >= 15 is 0 Å². The summed E-state index contributed by atoms with van der Waals surface area (Å²) in [5.41, 5.74) is 2.09. The summed E-state index contributed by atoms with van der Waals surface area (Å²) < 4.78 is 0. The number of benzene rings is 3. The highest BCUT2D eigenvalue weighted by Crippen LogP contribution is 2.60. The quantitative estimate of drug-likeness (QED) is 0.591. The number of hydrogen-bond donors (Lipinski definition) is 1. The molecule has 3 aromatic rings. The normalized spacial score (nSPS) is 30.3. The summed E-state index contributed by atoms with van der Waals surface area (Å²) in [6.45, 7) is 2.71. The van der Waals surface area contributed by atoms with Gasteiger partial charge >= 0.3 is 0 Å². The highest BCUT2D eigenvalue weighted by atomic mass is 16.2. The van der Waals surface area contributed by atoms with Crippen LogP contribution < -0.4 is 10.2 Å². The molecule has 1 N–H and O–H groups in total. The maximum absolute atomic E-state index is 14.1. The van der Waals surface area contributed by atoms with Crippen LogP contribution in [0.15, 0.2) is 60.7 Å². The fourth-order valence-electron chi connectivity index (χ4n) is 6.89. The van der Waals surface area contributed by atoms with Gasteiger partial charge in [0, 0.05) is 17.3 Å². The third kappa shape index (κ3) is 2.19. The molecule has 3 saturated heterocycles. The smallest absolute Gasteiger partial charge is 0.250 e. The summed E-state index contributed by atoms with van der Waals surface area (Å²) in [5.74, 6) is -1.85. The summed E-state index contributed by atoms with van der Waals surface area (Å²) in [7, 11) is 0. The van der Waals surface area contributed by atoms with Gasteiger partial charge in [0.2, 0.25) is 17.7 Å². The second-order valence-corrected chi connectivity index (χ2v) is 9.72. The Hall–Kier alpha value is -3.51. The number of carbonyl (C=O) groups is 3. The molecule has 4 aliphatic heterocycles. The number of hydrogen-bond acceptors (Lipinski definition) is 4. The highest BCUT2D eigenvalue weighted by Gasteiger charge is 2.74. The van der Waals surface area contributed by atoms with Gasteiger partial charge in [-0.2, -0.15) is 0 Å². The summed E-state index contributed by atoms with van der Waals surface area (Å²) in [6.07, 6.45) is 1.74. The average molecular weight is 437 g/mol. The molecular weight excluding hydrogens is 414 g/mol. The Labute approximate surface area is 191 Å². The van der Waals surface area contributed by atoms with Gasteiger partial charge in [0.05, 0.1) is 17.5 Å². The van der Waals surface area contributed by atoms with Gasteiger partial charge in [-0.3, -0.25) is 19.3 Å². The fraction of sp³-hybridized carbons (Fsp3) is 0.296. The molecule has 0 radical (unpaired) electrons. The van der Waals surface area contributed by atoms with E-state index in [1.807, 2.05) is 67.6 Å². The lowest BCUT2D eigenvalue weighted by Gasteiger charge is -2.36. The van der Waals surface area contributed by atoms with Gasteiger partial charge in [-0.25, -0.2) is 4.90 Å². The predicted molar refractivity (Wildman–Crippen MR) is 125 cm³/mol. The lowest BCUT2D eigenvalue weighted by molar-refractivity contribution is -0.135. The Kier molecular flexibility index (Phi) is 3.62. The Bertz CT molecular complexity index is 1400. The van der Waals surface area contributed by atoms with Crippen molar-refractivity contribution in [1.82, 2.24) is 4.90 Å². The molecule has 33 heavy (non-hydrogen) atoms. The Morgan fingerprint density at radius 3 is 2.61 bits per heavy atom. The van der Waals surface area contributed by atoms with Crippen LogP contribution in [0.5, 0.6) is 0 Å². The van der Waals surface area contributed by atoms with Crippen LogP contribution >= 0.6 is 0 Å². The third-order valence-electron chi connectivity index (χ3n) is 8.14. The molecule has 3 aromatic carbocycles. The summed E-state index contributed by atoms with van der Waals surface area (Å²) >= 11 is 0. The molecule has 3 amide bonds.